The molecular weight excluding hydrogens is 511 g/mol. The number of ether oxygens (including phenoxy) is 1. The molecule has 214 valence electrons. The van der Waals surface area contributed by atoms with Crippen molar-refractivity contribution in [2.75, 3.05) is 31.9 Å². The fraction of sp³-hybridized carbons (Fsp3) is 0.720. The first-order chi connectivity index (χ1) is 17.2. The third-order valence-corrected chi connectivity index (χ3v) is 7.62. The van der Waals surface area contributed by atoms with Gasteiger partial charge in [-0.25, -0.2) is 12.7 Å². The first kappa shape index (κ1) is 33.1. The van der Waals surface area contributed by atoms with E-state index in [4.69, 9.17) is 5.73 Å². The molecule has 12 heteroatoms. The summed E-state index contributed by atoms with van der Waals surface area (Å²) in [4.78, 5) is 14.4. The Bertz CT molecular complexity index is 922. The van der Waals surface area contributed by atoms with Crippen LogP contribution in [0.2, 0.25) is 0 Å². The normalized spacial score (nSPS) is 14.1. The summed E-state index contributed by atoms with van der Waals surface area (Å²) in [5, 5.41) is 10.7. The molecule has 0 heterocycles. The fourth-order valence-electron chi connectivity index (χ4n) is 3.76. The van der Waals surface area contributed by atoms with E-state index in [9.17, 15) is 31.5 Å². The Hall–Kier alpha value is -1.89. The number of hydrogen-bond donors (Lipinski definition) is 2. The maximum Gasteiger partial charge on any atom is 0.573 e. The van der Waals surface area contributed by atoms with Crippen LogP contribution in [0, 0.1) is 5.92 Å². The zero-order valence-corrected chi connectivity index (χ0v) is 23.0. The van der Waals surface area contributed by atoms with Gasteiger partial charge in [0, 0.05) is 38.6 Å². The van der Waals surface area contributed by atoms with Crippen LogP contribution in [0.25, 0.3) is 0 Å². The van der Waals surface area contributed by atoms with Gasteiger partial charge in [-0.2, -0.15) is 0 Å². The van der Waals surface area contributed by atoms with Crippen LogP contribution in [0.1, 0.15) is 58.9 Å². The molecule has 0 aliphatic rings. The molecule has 1 rings (SSSR count). The van der Waals surface area contributed by atoms with Crippen molar-refractivity contribution in [1.82, 2.24) is 9.21 Å². The van der Waals surface area contributed by atoms with E-state index in [1.807, 2.05) is 27.7 Å². The Balaban J connectivity index is 2.86. The lowest BCUT2D eigenvalue weighted by Crippen LogP contribution is -2.47. The predicted octanol–water partition coefficient (Wildman–Crippen LogP) is 3.53. The van der Waals surface area contributed by atoms with E-state index in [0.29, 0.717) is 44.5 Å². The average Bonchev–Trinajstić information content (AvgIpc) is 2.78. The van der Waals surface area contributed by atoms with Gasteiger partial charge in [-0.1, -0.05) is 39.8 Å². The van der Waals surface area contributed by atoms with Crippen LogP contribution in [0.15, 0.2) is 24.3 Å². The van der Waals surface area contributed by atoms with Crippen LogP contribution >= 0.6 is 0 Å². The Labute approximate surface area is 219 Å². The molecule has 0 saturated carbocycles. The van der Waals surface area contributed by atoms with E-state index in [2.05, 4.69) is 4.74 Å². The molecule has 1 amide bonds. The Morgan fingerprint density at radius 2 is 1.76 bits per heavy atom. The van der Waals surface area contributed by atoms with Crippen molar-refractivity contribution in [2.24, 2.45) is 11.7 Å². The van der Waals surface area contributed by atoms with Crippen LogP contribution in [-0.2, 0) is 21.2 Å². The monoisotopic (exact) mass is 553 g/mol. The Morgan fingerprint density at radius 1 is 1.14 bits per heavy atom. The highest BCUT2D eigenvalue weighted by Gasteiger charge is 2.31. The molecule has 3 N–H and O–H groups in total. The number of amides is 1. The second kappa shape index (κ2) is 15.5. The average molecular weight is 554 g/mol. The van der Waals surface area contributed by atoms with Crippen molar-refractivity contribution in [3.63, 3.8) is 0 Å². The van der Waals surface area contributed by atoms with Crippen LogP contribution in [0.5, 0.6) is 5.75 Å². The summed E-state index contributed by atoms with van der Waals surface area (Å²) in [6.45, 7) is 8.75. The van der Waals surface area contributed by atoms with Gasteiger partial charge in [-0.05, 0) is 49.3 Å². The lowest BCUT2D eigenvalue weighted by Gasteiger charge is -2.29. The second-order valence-electron chi connectivity index (χ2n) is 9.62. The van der Waals surface area contributed by atoms with E-state index in [0.717, 1.165) is 0 Å². The number of benzene rings is 1. The number of rotatable bonds is 17. The molecule has 8 nitrogen and oxygen atoms in total. The van der Waals surface area contributed by atoms with Crippen LogP contribution in [0.4, 0.5) is 13.2 Å². The molecule has 0 spiro atoms. The molecular formula is C25H42F3N3O5S. The number of nitrogens with two attached hydrogens (primary N) is 1. The van der Waals surface area contributed by atoms with Crippen molar-refractivity contribution in [3.8, 4) is 5.75 Å². The third kappa shape index (κ3) is 13.0. The molecule has 0 radical (unpaired) electrons. The highest BCUT2D eigenvalue weighted by molar-refractivity contribution is 7.89. The smallest absolute Gasteiger partial charge is 0.406 e. The zero-order valence-electron chi connectivity index (χ0n) is 22.2. The SMILES string of the molecule is CCCN(CCC)S(=O)(=O)CCC(=O)N(CCC(C)C)C[C@@H](O)[C@@H](N)Cc1cccc(OC(F)(F)F)c1. The highest BCUT2D eigenvalue weighted by atomic mass is 32.2. The summed E-state index contributed by atoms with van der Waals surface area (Å²) in [5.74, 6) is -0.838. The van der Waals surface area contributed by atoms with Crippen molar-refractivity contribution >= 4 is 15.9 Å². The number of carbonyl (C=O) groups is 1. The molecule has 2 atom stereocenters. The van der Waals surface area contributed by atoms with Crippen molar-refractivity contribution in [2.45, 2.75) is 78.3 Å². The number of alkyl halides is 3. The zero-order chi connectivity index (χ0) is 28.2. The number of aliphatic hydroxyl groups is 1. The number of carbonyl (C=O) groups excluding carboxylic acids is 1. The van der Waals surface area contributed by atoms with E-state index >= 15 is 0 Å². The van der Waals surface area contributed by atoms with Crippen molar-refractivity contribution < 1.29 is 36.2 Å². The second-order valence-corrected chi connectivity index (χ2v) is 11.7. The number of sulfonamides is 1. The molecule has 0 aromatic heterocycles. The van der Waals surface area contributed by atoms with Crippen LogP contribution in [0.3, 0.4) is 0 Å². The summed E-state index contributed by atoms with van der Waals surface area (Å²) in [6, 6.07) is 4.46. The van der Waals surface area contributed by atoms with E-state index in [1.54, 1.807) is 6.07 Å². The van der Waals surface area contributed by atoms with Gasteiger partial charge in [0.05, 0.1) is 11.9 Å². The minimum atomic E-state index is -4.82. The van der Waals surface area contributed by atoms with Gasteiger partial charge in [0.2, 0.25) is 15.9 Å². The van der Waals surface area contributed by atoms with Crippen molar-refractivity contribution in [1.29, 1.82) is 0 Å². The summed E-state index contributed by atoms with van der Waals surface area (Å²) in [7, 11) is -3.60. The lowest BCUT2D eigenvalue weighted by atomic mass is 10.0. The Morgan fingerprint density at radius 3 is 2.30 bits per heavy atom. The number of aliphatic hydroxyl groups excluding tert-OH is 1. The molecule has 0 unspecified atom stereocenters. The standard InChI is InChI=1S/C25H42F3N3O5S/c1-5-12-31(13-6-2)37(34,35)15-11-24(33)30(14-10-19(3)4)18-23(32)22(29)17-20-8-7-9-21(16-20)36-25(26,27)28/h7-9,16,19,22-23,32H,5-6,10-15,17-18,29H2,1-4H3/t22-,23+/m0/s1. The van der Waals surface area contributed by atoms with Gasteiger partial charge in [0.25, 0.3) is 0 Å². The molecule has 37 heavy (non-hydrogen) atoms. The molecule has 0 aliphatic carbocycles. The summed E-state index contributed by atoms with van der Waals surface area (Å²) >= 11 is 0. The predicted molar refractivity (Wildman–Crippen MR) is 137 cm³/mol. The quantitative estimate of drug-likeness (QED) is 0.305. The number of nitrogens with zero attached hydrogens (tertiary/aromatic N) is 2. The molecule has 1 aromatic rings. The summed E-state index contributed by atoms with van der Waals surface area (Å²) < 4.78 is 68.4. The van der Waals surface area contributed by atoms with Gasteiger partial charge in [-0.3, -0.25) is 4.79 Å². The molecule has 0 saturated heterocycles. The number of hydrogen-bond acceptors (Lipinski definition) is 6. The van der Waals surface area contributed by atoms with E-state index in [1.165, 1.54) is 27.4 Å². The van der Waals surface area contributed by atoms with Crippen LogP contribution in [-0.4, -0.2) is 79.1 Å². The minimum absolute atomic E-state index is 0.0554. The van der Waals surface area contributed by atoms with Gasteiger partial charge in [-0.15, -0.1) is 13.2 Å². The topological polar surface area (TPSA) is 113 Å². The molecule has 1 aromatic carbocycles. The van der Waals surface area contributed by atoms with Gasteiger partial charge in [0.15, 0.2) is 0 Å². The van der Waals surface area contributed by atoms with Crippen molar-refractivity contribution in [3.05, 3.63) is 29.8 Å². The lowest BCUT2D eigenvalue weighted by molar-refractivity contribution is -0.274. The van der Waals surface area contributed by atoms with Crippen LogP contribution < -0.4 is 10.5 Å². The fourth-order valence-corrected chi connectivity index (χ4v) is 5.38. The number of halogens is 3. The molecule has 0 bridgehead atoms. The van der Waals surface area contributed by atoms with E-state index in [-0.39, 0.29) is 36.8 Å². The summed E-state index contributed by atoms with van der Waals surface area (Å²) in [6.07, 6.45) is -4.17. The summed E-state index contributed by atoms with van der Waals surface area (Å²) in [5.41, 5.74) is 6.56. The first-order valence-electron chi connectivity index (χ1n) is 12.7. The van der Waals surface area contributed by atoms with Gasteiger partial charge in [0.1, 0.15) is 5.75 Å². The van der Waals surface area contributed by atoms with E-state index < -0.39 is 34.4 Å². The maximum absolute atomic E-state index is 13.0. The van der Waals surface area contributed by atoms with Gasteiger partial charge < -0.3 is 20.5 Å². The first-order valence-corrected chi connectivity index (χ1v) is 14.3. The largest absolute Gasteiger partial charge is 0.573 e. The highest BCUT2D eigenvalue weighted by Crippen LogP contribution is 2.24. The third-order valence-electron chi connectivity index (χ3n) is 5.75. The molecule has 0 aliphatic heterocycles. The van der Waals surface area contributed by atoms with Gasteiger partial charge >= 0.3 is 6.36 Å². The Kier molecular flexibility index (Phi) is 13.9. The minimum Gasteiger partial charge on any atom is -0.406 e. The maximum atomic E-state index is 13.0. The molecule has 0 fully saturated rings.